The summed E-state index contributed by atoms with van der Waals surface area (Å²) in [6.45, 7) is 1.50. The molecular weight excluding hydrogens is 412 g/mol. The quantitative estimate of drug-likeness (QED) is 0.241. The van der Waals surface area contributed by atoms with Crippen molar-refractivity contribution in [2.75, 3.05) is 57.5 Å². The third kappa shape index (κ3) is 15.0. The van der Waals surface area contributed by atoms with Crippen molar-refractivity contribution in [3.05, 3.63) is 84.9 Å². The van der Waals surface area contributed by atoms with Crippen molar-refractivity contribution in [3.63, 3.8) is 0 Å². The Morgan fingerprint density at radius 1 is 0.727 bits per heavy atom. The molecule has 0 heterocycles. The van der Waals surface area contributed by atoms with Gasteiger partial charge in [0.25, 0.3) is 0 Å². The average molecular weight is 443 g/mol. The molecule has 0 saturated carbocycles. The zero-order valence-corrected chi connectivity index (χ0v) is 19.8. The summed E-state index contributed by atoms with van der Waals surface area (Å²) < 4.78 is 25.0. The first-order valence-corrected chi connectivity index (χ1v) is 9.99. The third-order valence-corrected chi connectivity index (χ3v) is 3.81. The first-order chi connectivity index (χ1) is 15.7. The van der Waals surface area contributed by atoms with Gasteiger partial charge in [-0.1, -0.05) is 23.9 Å². The first-order valence-electron chi connectivity index (χ1n) is 9.99. The summed E-state index contributed by atoms with van der Waals surface area (Å²) in [5.74, 6) is 0. The van der Waals surface area contributed by atoms with Gasteiger partial charge in [-0.25, -0.2) is 0 Å². The van der Waals surface area contributed by atoms with E-state index < -0.39 is 0 Å². The van der Waals surface area contributed by atoms with Gasteiger partial charge in [0.05, 0.1) is 0 Å². The molecular formula is C24H31BLiN3O4. The normalized spacial score (nSPS) is 8.94. The van der Waals surface area contributed by atoms with Gasteiger partial charge in [-0.05, 0) is 12.1 Å². The van der Waals surface area contributed by atoms with Crippen LogP contribution in [0.1, 0.15) is 0 Å². The van der Waals surface area contributed by atoms with E-state index in [1.807, 2.05) is 72.8 Å². The largest absolute Gasteiger partial charge is 1.00 e. The minimum Gasteiger partial charge on any atom is 1.00 e. The molecule has 3 aromatic carbocycles. The molecule has 3 rings (SSSR count). The molecule has 0 atom stereocenters. The van der Waals surface area contributed by atoms with Gasteiger partial charge in [-0.15, -0.1) is 6.07 Å². The van der Waals surface area contributed by atoms with Crippen LogP contribution in [0.2, 0.25) is 0 Å². The van der Waals surface area contributed by atoms with E-state index in [1.165, 1.54) is 0 Å². The monoisotopic (exact) mass is 443 g/mol. The summed E-state index contributed by atoms with van der Waals surface area (Å²) in [4.78, 5) is 0. The number of ether oxygens (including phenoxy) is 3. The first kappa shape index (κ1) is 30.4. The average Bonchev–Trinajstić information content (AvgIpc) is 2.87. The number of hydrogen-bond donors (Lipinski definition) is 3. The molecule has 33 heavy (non-hydrogen) atoms. The Balaban J connectivity index is 0.000000461. The molecule has 7 nitrogen and oxygen atoms in total. The van der Waals surface area contributed by atoms with Gasteiger partial charge in [0.1, 0.15) is 13.5 Å². The maximum absolute atomic E-state index is 10.5. The Hall–Kier alpha value is -2.60. The topological polar surface area (TPSA) is 80.8 Å². The zero-order chi connectivity index (χ0) is 23.3. The maximum Gasteiger partial charge on any atom is 1.00 e. The van der Waals surface area contributed by atoms with E-state index in [2.05, 4.69) is 22.0 Å². The molecule has 0 radical (unpaired) electrons. The van der Waals surface area contributed by atoms with E-state index in [0.717, 1.165) is 24.2 Å². The van der Waals surface area contributed by atoms with Gasteiger partial charge in [0.2, 0.25) is 0 Å². The number of nitrogens with one attached hydrogen (secondary N) is 3. The van der Waals surface area contributed by atoms with Gasteiger partial charge in [-0.3, -0.25) is 0 Å². The SMILES string of the molecule is COCNc1[c-]cccc1.COCNc1ccccc1.COCNc1ccccc1B=O.[Li+]. The van der Waals surface area contributed by atoms with Crippen molar-refractivity contribution in [2.45, 2.75) is 0 Å². The second-order valence-electron chi connectivity index (χ2n) is 6.18. The Kier molecular flexibility index (Phi) is 19.6. The van der Waals surface area contributed by atoms with Crippen LogP contribution in [0, 0.1) is 6.07 Å². The van der Waals surface area contributed by atoms with Crippen LogP contribution in [-0.4, -0.2) is 48.7 Å². The number of methoxy groups -OCH3 is 3. The van der Waals surface area contributed by atoms with E-state index in [0.29, 0.717) is 25.7 Å². The standard InChI is InChI=1S/C8H10BNO2.C8H11NO.C8H10NO.Li/c1-12-6-10-8-5-3-2-4-7(8)9-11;2*1-10-7-9-8-5-3-2-4-6-8;/h2-5,10H,6H2,1H3;2-6,9H,7H2,1H3;2-5,9H,7H2,1H3;/q;;-1;+1. The minimum absolute atomic E-state index is 0. The van der Waals surface area contributed by atoms with Crippen LogP contribution >= 0.6 is 0 Å². The van der Waals surface area contributed by atoms with Gasteiger partial charge in [0.15, 0.2) is 0 Å². The smallest absolute Gasteiger partial charge is 1.00 e. The molecule has 0 unspecified atom stereocenters. The van der Waals surface area contributed by atoms with Crippen molar-refractivity contribution >= 4 is 29.7 Å². The van der Waals surface area contributed by atoms with E-state index >= 15 is 0 Å². The predicted octanol–water partition coefficient (Wildman–Crippen LogP) is 0.586. The van der Waals surface area contributed by atoms with E-state index in [9.17, 15) is 4.70 Å². The summed E-state index contributed by atoms with van der Waals surface area (Å²) >= 11 is 0. The fourth-order valence-corrected chi connectivity index (χ4v) is 2.28. The fraction of sp³-hybridized carbons (Fsp3) is 0.250. The molecule has 0 aliphatic carbocycles. The third-order valence-electron chi connectivity index (χ3n) is 3.81. The van der Waals surface area contributed by atoms with Gasteiger partial charge < -0.3 is 20.1 Å². The number of rotatable bonds is 10. The van der Waals surface area contributed by atoms with Crippen molar-refractivity contribution < 1.29 is 37.8 Å². The summed E-state index contributed by atoms with van der Waals surface area (Å²) in [7, 11) is 5.72. The molecule has 170 valence electrons. The Bertz CT molecular complexity index is 802. The number of anilines is 3. The summed E-state index contributed by atoms with van der Waals surface area (Å²) in [6, 6.07) is 27.9. The molecule has 0 fully saturated rings. The van der Waals surface area contributed by atoms with Gasteiger partial charge >= 0.3 is 90.0 Å². The predicted molar refractivity (Wildman–Crippen MR) is 131 cm³/mol. The van der Waals surface area contributed by atoms with Crippen LogP contribution in [-0.2, 0) is 18.9 Å². The molecule has 3 N–H and O–H groups in total. The second kappa shape index (κ2) is 21.3. The number of para-hydroxylation sites is 3. The van der Waals surface area contributed by atoms with Crippen LogP contribution in [0.4, 0.5) is 17.1 Å². The molecule has 0 saturated heterocycles. The molecule has 0 spiro atoms. The van der Waals surface area contributed by atoms with Crippen molar-refractivity contribution in [1.29, 1.82) is 0 Å². The molecule has 3 aromatic rings. The summed E-state index contributed by atoms with van der Waals surface area (Å²) in [6.07, 6.45) is 0. The summed E-state index contributed by atoms with van der Waals surface area (Å²) in [5.41, 5.74) is 3.50. The van der Waals surface area contributed by atoms with E-state index in [1.54, 1.807) is 27.4 Å². The molecule has 9 heteroatoms. The molecule has 0 amide bonds. The van der Waals surface area contributed by atoms with Gasteiger partial charge in [-0.2, -0.15) is 24.3 Å². The molecule has 0 bridgehead atoms. The molecule has 0 aliphatic rings. The second-order valence-corrected chi connectivity index (χ2v) is 6.18. The maximum atomic E-state index is 10.5. The number of hydrogen-bond acceptors (Lipinski definition) is 7. The van der Waals surface area contributed by atoms with E-state index in [-0.39, 0.29) is 18.9 Å². The van der Waals surface area contributed by atoms with Crippen LogP contribution < -0.4 is 40.3 Å². The Morgan fingerprint density at radius 3 is 1.91 bits per heavy atom. The zero-order valence-electron chi connectivity index (χ0n) is 19.8. The minimum atomic E-state index is 0. The van der Waals surface area contributed by atoms with Crippen molar-refractivity contribution in [1.82, 2.24) is 0 Å². The van der Waals surface area contributed by atoms with Crippen molar-refractivity contribution in [2.24, 2.45) is 0 Å². The summed E-state index contributed by atoms with van der Waals surface area (Å²) in [5, 5.41) is 9.05. The Morgan fingerprint density at radius 2 is 1.30 bits per heavy atom. The molecule has 0 aromatic heterocycles. The van der Waals surface area contributed by atoms with Crippen LogP contribution in [0.15, 0.2) is 78.9 Å². The fourth-order valence-electron chi connectivity index (χ4n) is 2.28. The number of benzene rings is 3. The van der Waals surface area contributed by atoms with Crippen LogP contribution in [0.25, 0.3) is 0 Å². The molecule has 0 aliphatic heterocycles. The van der Waals surface area contributed by atoms with Gasteiger partial charge in [0, 0.05) is 19.9 Å². The van der Waals surface area contributed by atoms with E-state index in [4.69, 9.17) is 14.2 Å². The van der Waals surface area contributed by atoms with Crippen LogP contribution in [0.3, 0.4) is 0 Å². The van der Waals surface area contributed by atoms with Crippen molar-refractivity contribution in [3.8, 4) is 0 Å². The Labute approximate surface area is 209 Å². The van der Waals surface area contributed by atoms with Crippen LogP contribution in [0.5, 0.6) is 0 Å².